The number of rotatable bonds is 9. The molecule has 2 amide bonds. The van der Waals surface area contributed by atoms with Crippen molar-refractivity contribution in [3.8, 4) is 0 Å². The van der Waals surface area contributed by atoms with Crippen molar-refractivity contribution in [2.45, 2.75) is 32.9 Å². The molecule has 0 fully saturated rings. The lowest BCUT2D eigenvalue weighted by molar-refractivity contribution is -0.116. The first kappa shape index (κ1) is 23.9. The Hall–Kier alpha value is -2.42. The van der Waals surface area contributed by atoms with Crippen LogP contribution in [-0.2, 0) is 21.4 Å². The lowest BCUT2D eigenvalue weighted by Crippen LogP contribution is -2.37. The molecule has 2 aromatic carbocycles. The van der Waals surface area contributed by atoms with Crippen LogP contribution in [0.15, 0.2) is 48.5 Å². The van der Waals surface area contributed by atoms with Crippen molar-refractivity contribution in [2.24, 2.45) is 0 Å². The van der Waals surface area contributed by atoms with Crippen LogP contribution in [0.3, 0.4) is 0 Å². The molecule has 0 heterocycles. The number of para-hydroxylation sites is 1. The molecule has 0 radical (unpaired) electrons. The van der Waals surface area contributed by atoms with Gasteiger partial charge in [-0.2, -0.15) is 4.31 Å². The highest BCUT2D eigenvalue weighted by Crippen LogP contribution is 2.19. The third-order valence-corrected chi connectivity index (χ3v) is 6.09. The number of carbonyl (C=O) groups excluding carboxylic acids is 2. The molecule has 2 N–H and O–H groups in total. The first-order valence-corrected chi connectivity index (χ1v) is 11.7. The third-order valence-electron chi connectivity index (χ3n) is 4.53. The second-order valence-corrected chi connectivity index (χ2v) is 9.39. The van der Waals surface area contributed by atoms with E-state index in [0.717, 1.165) is 17.0 Å². The zero-order valence-corrected chi connectivity index (χ0v) is 18.8. The van der Waals surface area contributed by atoms with Crippen molar-refractivity contribution in [1.82, 2.24) is 9.62 Å². The van der Waals surface area contributed by atoms with Crippen LogP contribution in [0.2, 0.25) is 5.02 Å². The predicted molar refractivity (Wildman–Crippen MR) is 119 cm³/mol. The van der Waals surface area contributed by atoms with Crippen LogP contribution < -0.4 is 10.6 Å². The Morgan fingerprint density at radius 2 is 1.73 bits per heavy atom. The maximum atomic E-state index is 12.6. The van der Waals surface area contributed by atoms with Crippen LogP contribution in [0.1, 0.15) is 36.2 Å². The number of benzene rings is 2. The van der Waals surface area contributed by atoms with Crippen molar-refractivity contribution in [2.75, 3.05) is 18.1 Å². The summed E-state index contributed by atoms with van der Waals surface area (Å²) < 4.78 is 25.4. The summed E-state index contributed by atoms with van der Waals surface area (Å²) in [5.41, 5.74) is 1.21. The van der Waals surface area contributed by atoms with Gasteiger partial charge in [0.25, 0.3) is 5.91 Å². The van der Waals surface area contributed by atoms with Gasteiger partial charge in [-0.15, -0.1) is 0 Å². The Kier molecular flexibility index (Phi) is 8.40. The first-order valence-electron chi connectivity index (χ1n) is 9.50. The van der Waals surface area contributed by atoms with Gasteiger partial charge in [-0.05, 0) is 37.1 Å². The number of hydrogen-bond donors (Lipinski definition) is 2. The van der Waals surface area contributed by atoms with Crippen molar-refractivity contribution in [3.63, 3.8) is 0 Å². The van der Waals surface area contributed by atoms with Gasteiger partial charge >= 0.3 is 0 Å². The topological polar surface area (TPSA) is 95.6 Å². The maximum Gasteiger partial charge on any atom is 0.253 e. The summed E-state index contributed by atoms with van der Waals surface area (Å²) in [5.74, 6) is -0.868. The Morgan fingerprint density at radius 3 is 2.37 bits per heavy atom. The monoisotopic (exact) mass is 451 g/mol. The van der Waals surface area contributed by atoms with E-state index in [1.807, 2.05) is 13.8 Å². The van der Waals surface area contributed by atoms with Gasteiger partial charge in [0, 0.05) is 17.6 Å². The number of halogens is 1. The second-order valence-electron chi connectivity index (χ2n) is 7.00. The quantitative estimate of drug-likeness (QED) is 0.611. The molecule has 1 atom stereocenters. The molecule has 0 aromatic heterocycles. The van der Waals surface area contributed by atoms with Crippen LogP contribution in [0.4, 0.5) is 5.69 Å². The summed E-state index contributed by atoms with van der Waals surface area (Å²) >= 11 is 6.13. The highest BCUT2D eigenvalue weighted by Gasteiger charge is 2.22. The zero-order chi connectivity index (χ0) is 22.3. The lowest BCUT2D eigenvalue weighted by Gasteiger charge is -2.21. The number of anilines is 1. The molecule has 0 bridgehead atoms. The van der Waals surface area contributed by atoms with E-state index < -0.39 is 22.5 Å². The molecule has 0 spiro atoms. The van der Waals surface area contributed by atoms with Crippen LogP contribution in [-0.4, -0.2) is 43.4 Å². The van der Waals surface area contributed by atoms with Gasteiger partial charge in [0.2, 0.25) is 15.9 Å². The number of amides is 2. The van der Waals surface area contributed by atoms with E-state index in [0.29, 0.717) is 21.8 Å². The minimum absolute atomic E-state index is 0.0161. The Bertz CT molecular complexity index is 1010. The van der Waals surface area contributed by atoms with Gasteiger partial charge in [0.05, 0.1) is 24.1 Å². The van der Waals surface area contributed by atoms with Crippen molar-refractivity contribution < 1.29 is 18.0 Å². The van der Waals surface area contributed by atoms with Crippen LogP contribution in [0.5, 0.6) is 0 Å². The third kappa shape index (κ3) is 6.83. The maximum absolute atomic E-state index is 12.6. The minimum Gasteiger partial charge on any atom is -0.350 e. The Balaban J connectivity index is 2.17. The van der Waals surface area contributed by atoms with Crippen molar-refractivity contribution in [1.29, 1.82) is 0 Å². The summed E-state index contributed by atoms with van der Waals surface area (Å²) in [7, 11) is -3.68. The number of nitrogens with one attached hydrogen (secondary N) is 2. The molecule has 0 aliphatic carbocycles. The fraction of sp³-hybridized carbons (Fsp3) is 0.333. The smallest absolute Gasteiger partial charge is 0.253 e. The van der Waals surface area contributed by atoms with Crippen LogP contribution in [0, 0.1) is 0 Å². The Labute approximate surface area is 182 Å². The van der Waals surface area contributed by atoms with Crippen molar-refractivity contribution in [3.05, 3.63) is 64.7 Å². The van der Waals surface area contributed by atoms with E-state index in [1.165, 1.54) is 0 Å². The van der Waals surface area contributed by atoms with Gasteiger partial charge in [0.1, 0.15) is 0 Å². The largest absolute Gasteiger partial charge is 0.350 e. The van der Waals surface area contributed by atoms with Crippen molar-refractivity contribution >= 4 is 39.1 Å². The molecule has 0 saturated heterocycles. The highest BCUT2D eigenvalue weighted by atomic mass is 35.5. The average Bonchev–Trinajstić information content (AvgIpc) is 2.68. The van der Waals surface area contributed by atoms with E-state index in [2.05, 4.69) is 10.6 Å². The molecular weight excluding hydrogens is 426 g/mol. The molecule has 0 saturated carbocycles. The summed E-state index contributed by atoms with van der Waals surface area (Å²) in [6.07, 6.45) is 1.80. The molecule has 9 heteroatoms. The fourth-order valence-corrected chi connectivity index (χ4v) is 3.57. The zero-order valence-electron chi connectivity index (χ0n) is 17.2. The van der Waals surface area contributed by atoms with Crippen LogP contribution >= 0.6 is 11.6 Å². The number of carbonyl (C=O) groups is 2. The van der Waals surface area contributed by atoms with E-state index in [9.17, 15) is 18.0 Å². The number of nitrogens with zero attached hydrogens (tertiary/aromatic N) is 1. The SMILES string of the molecule is CCC(C)NC(=O)c1ccccc1NC(=O)CN(Cc1ccccc1Cl)S(C)(=O)=O. The van der Waals surface area contributed by atoms with Gasteiger partial charge in [-0.1, -0.05) is 48.9 Å². The van der Waals surface area contributed by atoms with E-state index in [-0.39, 0.29) is 18.5 Å². The Morgan fingerprint density at radius 1 is 1.10 bits per heavy atom. The second kappa shape index (κ2) is 10.6. The molecule has 7 nitrogen and oxygen atoms in total. The van der Waals surface area contributed by atoms with Gasteiger partial charge in [0.15, 0.2) is 0 Å². The number of hydrogen-bond acceptors (Lipinski definition) is 4. The summed E-state index contributed by atoms with van der Waals surface area (Å²) in [6.45, 7) is 3.39. The normalized spacial score (nSPS) is 12.4. The lowest BCUT2D eigenvalue weighted by atomic mass is 10.1. The highest BCUT2D eigenvalue weighted by molar-refractivity contribution is 7.88. The fourth-order valence-electron chi connectivity index (χ4n) is 2.65. The summed E-state index contributed by atoms with van der Waals surface area (Å²) in [5, 5.41) is 5.91. The molecule has 30 heavy (non-hydrogen) atoms. The van der Waals surface area contributed by atoms with E-state index >= 15 is 0 Å². The van der Waals surface area contributed by atoms with Gasteiger partial charge in [-0.25, -0.2) is 8.42 Å². The average molecular weight is 452 g/mol. The van der Waals surface area contributed by atoms with Gasteiger partial charge < -0.3 is 10.6 Å². The van der Waals surface area contributed by atoms with E-state index in [1.54, 1.807) is 48.5 Å². The molecule has 0 aliphatic heterocycles. The summed E-state index contributed by atoms with van der Waals surface area (Å²) in [6, 6.07) is 13.4. The molecule has 1 unspecified atom stereocenters. The van der Waals surface area contributed by atoms with E-state index in [4.69, 9.17) is 11.6 Å². The van der Waals surface area contributed by atoms with Gasteiger partial charge in [-0.3, -0.25) is 9.59 Å². The van der Waals surface area contributed by atoms with Crippen LogP contribution in [0.25, 0.3) is 0 Å². The summed E-state index contributed by atoms with van der Waals surface area (Å²) in [4.78, 5) is 25.1. The molecule has 162 valence electrons. The molecular formula is C21H26ClN3O4S. The minimum atomic E-state index is -3.68. The first-order chi connectivity index (χ1) is 14.1. The predicted octanol–water partition coefficient (Wildman–Crippen LogP) is 3.27. The molecule has 0 aliphatic rings. The number of sulfonamides is 1. The molecule has 2 rings (SSSR count). The molecule has 2 aromatic rings. The standard InChI is InChI=1S/C21H26ClN3O4S/c1-4-15(2)23-21(27)17-10-6-8-12-19(17)24-20(26)14-25(30(3,28)29)13-16-9-5-7-11-18(16)22/h5-12,15H,4,13-14H2,1-3H3,(H,23,27)(H,24,26).